The van der Waals surface area contributed by atoms with Crippen LogP contribution in [-0.2, 0) is 54.6 Å². The number of hydrogen-bond acceptors (Lipinski definition) is 1. The molecule has 10 heavy (non-hydrogen) atoms. The van der Waals surface area contributed by atoms with E-state index < -0.39 is 0 Å². The largest absolute Gasteiger partial charge is 3.00 e. The third kappa shape index (κ3) is 116. The van der Waals surface area contributed by atoms with Crippen LogP contribution >= 0.6 is 9.90 Å². The summed E-state index contributed by atoms with van der Waals surface area (Å²) in [5, 5.41) is 0. The van der Waals surface area contributed by atoms with Crippen molar-refractivity contribution in [2.45, 2.75) is 0 Å². The fourth-order valence-corrected chi connectivity index (χ4v) is 0. The molecule has 10 heteroatoms. The molecule has 0 rings (SSSR count). The molecule has 61 valence electrons. The molecule has 0 spiro atoms. The van der Waals surface area contributed by atoms with E-state index in [1.54, 1.807) is 0 Å². The maximum Gasteiger partial charge on any atom is 3.00 e. The Balaban J connectivity index is 0. The topological polar surface area (TPSA) is 176 Å². The molecule has 1 atom stereocenters. The molecule has 0 aromatic heterocycles. The van der Waals surface area contributed by atoms with Crippen LogP contribution in [0, 0.1) is 39.9 Å². The van der Waals surface area contributed by atoms with Crippen molar-refractivity contribution in [2.24, 2.45) is 0 Å². The summed E-state index contributed by atoms with van der Waals surface area (Å²) in [5.41, 5.74) is 0. The molecule has 3 N–H and O–H groups in total. The predicted octanol–water partition coefficient (Wildman–Crippen LogP) is -1.80. The first-order valence-electron chi connectivity index (χ1n) is 0. The van der Waals surface area contributed by atoms with Crippen molar-refractivity contribution in [1.82, 2.24) is 0 Å². The minimum atomic E-state index is 0. The first-order chi connectivity index (χ1) is 0. The van der Waals surface area contributed by atoms with Crippen molar-refractivity contribution in [3.8, 4) is 0 Å². The Hall–Kier alpha value is 3.15. The van der Waals surface area contributed by atoms with Crippen molar-refractivity contribution < 1.29 is 106 Å². The van der Waals surface area contributed by atoms with Gasteiger partial charge in [-0.15, -0.1) is 0 Å². The molecule has 0 fully saturated rings. The second-order valence-corrected chi connectivity index (χ2v) is 0. The van der Waals surface area contributed by atoms with E-state index in [1.165, 1.54) is 0 Å². The Labute approximate surface area is 130 Å². The molecule has 0 aromatic rings. The minimum Gasteiger partial charge on any atom is -2.00 e. The normalized spacial score (nSPS) is 0. The summed E-state index contributed by atoms with van der Waals surface area (Å²) in [6.07, 6.45) is 0. The van der Waals surface area contributed by atoms with Gasteiger partial charge < -0.3 is 32.9 Å². The third-order valence-electron chi connectivity index (χ3n) is 0. The Morgan fingerprint density at radius 3 is 0.700 bits per heavy atom. The molecular formula is H6AlGdO6PY. The van der Waals surface area contributed by atoms with Crippen LogP contribution in [0.5, 0.6) is 0 Å². The fraction of sp³-hybridized carbons (Fsp3) is 0. The average molecular weight is 406 g/mol. The van der Waals surface area contributed by atoms with E-state index in [4.69, 9.17) is 0 Å². The van der Waals surface area contributed by atoms with Gasteiger partial charge in [-0.05, 0) is 0 Å². The molecule has 0 aliphatic carbocycles. The molecule has 0 saturated carbocycles. The Bertz CT molecular complexity index is 17.7. The van der Waals surface area contributed by atoms with E-state index in [0.29, 0.717) is 0 Å². The molecule has 1 unspecified atom stereocenters. The van der Waals surface area contributed by atoms with Crippen molar-refractivity contribution in [3.05, 3.63) is 0 Å². The van der Waals surface area contributed by atoms with Gasteiger partial charge in [-0.3, -0.25) is 0 Å². The Kier molecular flexibility index (Phi) is 2980. The zero-order valence-electron chi connectivity index (χ0n) is 4.80. The smallest absolute Gasteiger partial charge is 2.00 e. The summed E-state index contributed by atoms with van der Waals surface area (Å²) < 4.78 is 0. The third-order valence-corrected chi connectivity index (χ3v) is 0. The van der Waals surface area contributed by atoms with Gasteiger partial charge in [0, 0.05) is 0 Å². The monoisotopic (exact) mass is 407 g/mol. The standard InChI is InChI=1S/Al.Gd.2H2O.4O.H3P.Y/h;;2*1H2;;;;;1H3;/q2*+3;;;4*-2;;+3/p-1. The van der Waals surface area contributed by atoms with Gasteiger partial charge in [0.05, 0.1) is 0 Å². The van der Waals surface area contributed by atoms with Crippen molar-refractivity contribution >= 4 is 27.3 Å². The van der Waals surface area contributed by atoms with Crippen molar-refractivity contribution in [3.63, 3.8) is 0 Å². The van der Waals surface area contributed by atoms with Crippen LogP contribution in [-0.4, -0.2) is 28.3 Å². The van der Waals surface area contributed by atoms with E-state index in [1.807, 2.05) is 0 Å². The van der Waals surface area contributed by atoms with Gasteiger partial charge in [0.2, 0.25) is 0 Å². The second kappa shape index (κ2) is 152. The summed E-state index contributed by atoms with van der Waals surface area (Å²) in [4.78, 5) is 0. The van der Waals surface area contributed by atoms with Gasteiger partial charge in [-0.2, -0.15) is 9.90 Å². The minimum absolute atomic E-state index is 0. The fourth-order valence-electron chi connectivity index (χ4n) is 0. The number of hydrogen-bond donors (Lipinski definition) is 0. The van der Waals surface area contributed by atoms with Gasteiger partial charge in [0.25, 0.3) is 0 Å². The van der Waals surface area contributed by atoms with Crippen LogP contribution in [0.1, 0.15) is 0 Å². The molecule has 1 radical (unpaired) electrons. The molecular weight excluding hydrogens is 400 g/mol. The van der Waals surface area contributed by atoms with E-state index in [-0.39, 0.29) is 133 Å². The molecule has 0 saturated heterocycles. The summed E-state index contributed by atoms with van der Waals surface area (Å²) in [6.45, 7) is 0. The van der Waals surface area contributed by atoms with E-state index in [2.05, 4.69) is 0 Å². The molecule has 0 bridgehead atoms. The SMILES string of the molecule is O.P.[Al+3].[Gd+3].[O-2].[O-2].[O-2].[O-2].[OH-].[Y+3]. The maximum atomic E-state index is 0. The van der Waals surface area contributed by atoms with Gasteiger partial charge >= 0.3 is 90.0 Å². The van der Waals surface area contributed by atoms with Crippen LogP contribution in [0.3, 0.4) is 0 Å². The molecule has 6 nitrogen and oxygen atoms in total. The Morgan fingerprint density at radius 2 is 0.700 bits per heavy atom. The van der Waals surface area contributed by atoms with Gasteiger partial charge in [-0.1, -0.05) is 0 Å². The van der Waals surface area contributed by atoms with Crippen LogP contribution in [0.15, 0.2) is 0 Å². The van der Waals surface area contributed by atoms with E-state index in [9.17, 15) is 0 Å². The van der Waals surface area contributed by atoms with Gasteiger partial charge in [0.15, 0.2) is 0 Å². The first kappa shape index (κ1) is 196. The van der Waals surface area contributed by atoms with Crippen molar-refractivity contribution in [2.75, 3.05) is 0 Å². The van der Waals surface area contributed by atoms with Crippen LogP contribution in [0.4, 0.5) is 0 Å². The summed E-state index contributed by atoms with van der Waals surface area (Å²) in [6, 6.07) is 0. The van der Waals surface area contributed by atoms with Crippen LogP contribution in [0.25, 0.3) is 0 Å². The zero-order chi connectivity index (χ0) is 0. The van der Waals surface area contributed by atoms with Gasteiger partial charge in [-0.25, -0.2) is 0 Å². The summed E-state index contributed by atoms with van der Waals surface area (Å²) in [7, 11) is 0. The second-order valence-electron chi connectivity index (χ2n) is 0. The maximum absolute atomic E-state index is 0. The number of rotatable bonds is 0. The van der Waals surface area contributed by atoms with E-state index in [0.717, 1.165) is 0 Å². The molecule has 0 aliphatic rings. The van der Waals surface area contributed by atoms with E-state index >= 15 is 0 Å². The quantitative estimate of drug-likeness (QED) is 0.335. The molecule has 0 heterocycles. The van der Waals surface area contributed by atoms with Crippen LogP contribution < -0.4 is 0 Å². The summed E-state index contributed by atoms with van der Waals surface area (Å²) >= 11 is 0. The summed E-state index contributed by atoms with van der Waals surface area (Å²) in [5.74, 6) is 0. The molecule has 0 aliphatic heterocycles. The first-order valence-corrected chi connectivity index (χ1v) is 0. The van der Waals surface area contributed by atoms with Gasteiger partial charge in [0.1, 0.15) is 0 Å². The molecule has 0 aromatic carbocycles. The Morgan fingerprint density at radius 1 is 0.700 bits per heavy atom. The van der Waals surface area contributed by atoms with Crippen molar-refractivity contribution in [1.29, 1.82) is 0 Å². The zero-order valence-corrected chi connectivity index (χ0v) is 12.5. The average Bonchev–Trinajstić information content (AvgIpc) is 0. The molecule has 0 amide bonds. The van der Waals surface area contributed by atoms with Crippen LogP contribution in [0.2, 0.25) is 0 Å². The predicted molar refractivity (Wildman–Crippen MR) is 25.2 cm³/mol.